The molecule has 94 valence electrons. The van der Waals surface area contributed by atoms with Crippen LogP contribution in [0.25, 0.3) is 0 Å². The Morgan fingerprint density at radius 2 is 0.875 bits per heavy atom. The van der Waals surface area contributed by atoms with Crippen molar-refractivity contribution >= 4 is 15.8 Å². The van der Waals surface area contributed by atoms with Gasteiger partial charge in [-0.05, 0) is 60.6 Å². The van der Waals surface area contributed by atoms with Crippen molar-refractivity contribution in [2.45, 2.75) is 76.0 Å². The molecule has 0 nitrogen and oxygen atoms in total. The summed E-state index contributed by atoms with van der Waals surface area (Å²) in [5.74, 6) is 0. The highest BCUT2D eigenvalue weighted by Gasteiger charge is 2.33. The molecule has 4 unspecified atom stereocenters. The first-order valence-electron chi connectivity index (χ1n) is 7.11. The Labute approximate surface area is 104 Å². The maximum absolute atomic E-state index is 2.52. The van der Waals surface area contributed by atoms with Gasteiger partial charge in [-0.2, -0.15) is 0 Å². The van der Waals surface area contributed by atoms with Crippen molar-refractivity contribution < 1.29 is 0 Å². The summed E-state index contributed by atoms with van der Waals surface area (Å²) in [7, 11) is 0.789. The fourth-order valence-corrected chi connectivity index (χ4v) is 10.9. The van der Waals surface area contributed by atoms with E-state index in [9.17, 15) is 0 Å². The molecule has 4 atom stereocenters. The van der Waals surface area contributed by atoms with Gasteiger partial charge in [0.15, 0.2) is 0 Å². The SMILES string of the molecule is CC1CCC(C)P1CCP1C(C)CCC1C. The van der Waals surface area contributed by atoms with Crippen LogP contribution >= 0.6 is 15.8 Å². The van der Waals surface area contributed by atoms with Crippen LogP contribution in [0, 0.1) is 0 Å². The maximum Gasteiger partial charge on any atom is -0.0235 e. The molecule has 0 aromatic rings. The first kappa shape index (κ1) is 13.3. The van der Waals surface area contributed by atoms with Gasteiger partial charge in [0, 0.05) is 0 Å². The zero-order valence-electron chi connectivity index (χ0n) is 11.4. The molecule has 0 amide bonds. The minimum Gasteiger partial charge on any atom is -0.101 e. The van der Waals surface area contributed by atoms with Gasteiger partial charge in [0.1, 0.15) is 0 Å². The molecule has 2 heterocycles. The van der Waals surface area contributed by atoms with Crippen LogP contribution in [0.2, 0.25) is 0 Å². The summed E-state index contributed by atoms with van der Waals surface area (Å²) in [5, 5.41) is 0. The van der Waals surface area contributed by atoms with Gasteiger partial charge in [-0.15, -0.1) is 15.8 Å². The molecule has 0 aromatic carbocycles. The van der Waals surface area contributed by atoms with Gasteiger partial charge in [0.05, 0.1) is 0 Å². The van der Waals surface area contributed by atoms with E-state index >= 15 is 0 Å². The molecule has 2 saturated heterocycles. The van der Waals surface area contributed by atoms with Gasteiger partial charge >= 0.3 is 0 Å². The van der Waals surface area contributed by atoms with Crippen LogP contribution in [0.15, 0.2) is 0 Å². The van der Waals surface area contributed by atoms with Crippen molar-refractivity contribution in [3.8, 4) is 0 Å². The Balaban J connectivity index is 1.82. The molecule has 2 aliphatic heterocycles. The van der Waals surface area contributed by atoms with Crippen LogP contribution in [-0.2, 0) is 0 Å². The first-order valence-corrected chi connectivity index (χ1v) is 10.4. The second-order valence-corrected chi connectivity index (χ2v) is 12.5. The fourth-order valence-electron chi connectivity index (χ4n) is 3.61. The predicted molar refractivity (Wildman–Crippen MR) is 79.9 cm³/mol. The van der Waals surface area contributed by atoms with Gasteiger partial charge in [0.2, 0.25) is 0 Å². The minimum absolute atomic E-state index is 0.394. The molecule has 2 rings (SSSR count). The summed E-state index contributed by atoms with van der Waals surface area (Å²) >= 11 is 0. The van der Waals surface area contributed by atoms with E-state index in [0.29, 0.717) is 15.8 Å². The maximum atomic E-state index is 2.52. The molecule has 2 fully saturated rings. The van der Waals surface area contributed by atoms with E-state index in [2.05, 4.69) is 27.7 Å². The lowest BCUT2D eigenvalue weighted by Gasteiger charge is -2.26. The van der Waals surface area contributed by atoms with Crippen LogP contribution < -0.4 is 0 Å². The van der Waals surface area contributed by atoms with E-state index in [-0.39, 0.29) is 0 Å². The third-order valence-electron chi connectivity index (χ3n) is 4.89. The standard InChI is InChI=1S/C14H28P2/c1-11-5-6-12(2)15(11)9-10-16-13(3)7-8-14(16)4/h11-14H,5-10H2,1-4H3. The highest BCUT2D eigenvalue weighted by molar-refractivity contribution is 7.63. The second-order valence-electron chi connectivity index (χ2n) is 6.03. The summed E-state index contributed by atoms with van der Waals surface area (Å²) in [6.07, 6.45) is 9.31. The summed E-state index contributed by atoms with van der Waals surface area (Å²) in [6.45, 7) is 10.1. The average Bonchev–Trinajstić information content (AvgIpc) is 2.72. The summed E-state index contributed by atoms with van der Waals surface area (Å²) < 4.78 is 0. The molecular formula is C14H28P2. The molecule has 0 spiro atoms. The normalized spacial score (nSPS) is 48.8. The lowest BCUT2D eigenvalue weighted by atomic mass is 10.2. The Morgan fingerprint density at radius 1 is 0.625 bits per heavy atom. The number of hydrogen-bond donors (Lipinski definition) is 0. The van der Waals surface area contributed by atoms with E-state index in [4.69, 9.17) is 0 Å². The molecule has 0 aliphatic carbocycles. The van der Waals surface area contributed by atoms with Crippen LogP contribution in [-0.4, -0.2) is 35.0 Å². The second kappa shape index (κ2) is 5.67. The zero-order chi connectivity index (χ0) is 11.7. The Kier molecular flexibility index (Phi) is 4.71. The van der Waals surface area contributed by atoms with Crippen LogP contribution in [0.4, 0.5) is 0 Å². The van der Waals surface area contributed by atoms with Crippen LogP contribution in [0.5, 0.6) is 0 Å². The summed E-state index contributed by atoms with van der Waals surface area (Å²) in [6, 6.07) is 0. The van der Waals surface area contributed by atoms with Crippen molar-refractivity contribution in [3.05, 3.63) is 0 Å². The third kappa shape index (κ3) is 2.81. The predicted octanol–water partition coefficient (Wildman–Crippen LogP) is 5.09. The van der Waals surface area contributed by atoms with E-state index < -0.39 is 0 Å². The monoisotopic (exact) mass is 258 g/mol. The van der Waals surface area contributed by atoms with Gasteiger partial charge in [-0.3, -0.25) is 0 Å². The number of rotatable bonds is 3. The third-order valence-corrected chi connectivity index (χ3v) is 12.3. The lowest BCUT2D eigenvalue weighted by molar-refractivity contribution is 0.777. The van der Waals surface area contributed by atoms with Crippen molar-refractivity contribution in [2.24, 2.45) is 0 Å². The lowest BCUT2D eigenvalue weighted by Crippen LogP contribution is -2.08. The smallest absolute Gasteiger partial charge is 0.0235 e. The first-order chi connectivity index (χ1) is 7.59. The van der Waals surface area contributed by atoms with Crippen LogP contribution in [0.1, 0.15) is 53.4 Å². The fraction of sp³-hybridized carbons (Fsp3) is 1.00. The minimum atomic E-state index is 0.394. The van der Waals surface area contributed by atoms with Crippen molar-refractivity contribution in [1.82, 2.24) is 0 Å². The van der Waals surface area contributed by atoms with Crippen LogP contribution in [0.3, 0.4) is 0 Å². The summed E-state index contributed by atoms with van der Waals surface area (Å²) in [5.41, 5.74) is 4.31. The van der Waals surface area contributed by atoms with E-state index in [1.54, 1.807) is 12.3 Å². The molecular weight excluding hydrogens is 230 g/mol. The number of hydrogen-bond acceptors (Lipinski definition) is 0. The average molecular weight is 258 g/mol. The Morgan fingerprint density at radius 3 is 1.12 bits per heavy atom. The molecule has 0 bridgehead atoms. The molecule has 0 radical (unpaired) electrons. The molecule has 0 saturated carbocycles. The van der Waals surface area contributed by atoms with Gasteiger partial charge in [-0.25, -0.2) is 0 Å². The molecule has 2 aliphatic rings. The zero-order valence-corrected chi connectivity index (χ0v) is 13.2. The topological polar surface area (TPSA) is 0 Å². The van der Waals surface area contributed by atoms with Gasteiger partial charge in [0.25, 0.3) is 0 Å². The molecule has 2 heteroatoms. The van der Waals surface area contributed by atoms with Crippen molar-refractivity contribution in [3.63, 3.8) is 0 Å². The Bertz CT molecular complexity index is 185. The van der Waals surface area contributed by atoms with E-state index in [1.165, 1.54) is 25.7 Å². The van der Waals surface area contributed by atoms with E-state index in [0.717, 1.165) is 22.6 Å². The highest BCUT2D eigenvalue weighted by Crippen LogP contribution is 2.60. The molecule has 0 N–H and O–H groups in total. The highest BCUT2D eigenvalue weighted by atomic mass is 31.1. The van der Waals surface area contributed by atoms with Gasteiger partial charge in [-0.1, -0.05) is 27.7 Å². The van der Waals surface area contributed by atoms with Crippen molar-refractivity contribution in [1.29, 1.82) is 0 Å². The quantitative estimate of drug-likeness (QED) is 0.618. The Hall–Kier alpha value is 0.860. The van der Waals surface area contributed by atoms with Gasteiger partial charge < -0.3 is 0 Å². The molecule has 0 aromatic heterocycles. The molecule has 16 heavy (non-hydrogen) atoms. The largest absolute Gasteiger partial charge is 0.101 e. The van der Waals surface area contributed by atoms with E-state index in [1.807, 2.05) is 0 Å². The summed E-state index contributed by atoms with van der Waals surface area (Å²) in [4.78, 5) is 0. The van der Waals surface area contributed by atoms with Crippen molar-refractivity contribution in [2.75, 3.05) is 12.3 Å².